The molecule has 1 aromatic rings. The summed E-state index contributed by atoms with van der Waals surface area (Å²) in [6.45, 7) is 12.9. The molecule has 4 heteroatoms. The van der Waals surface area contributed by atoms with Crippen LogP contribution < -0.4 is 5.32 Å². The van der Waals surface area contributed by atoms with E-state index in [0.29, 0.717) is 13.0 Å². The Hall–Kier alpha value is -1.39. The summed E-state index contributed by atoms with van der Waals surface area (Å²) < 4.78 is 0. The molecule has 0 spiro atoms. The van der Waals surface area contributed by atoms with Gasteiger partial charge < -0.3 is 10.2 Å². The van der Waals surface area contributed by atoms with Gasteiger partial charge in [0.15, 0.2) is 0 Å². The maximum absolute atomic E-state index is 12.1. The second kappa shape index (κ2) is 8.46. The van der Waals surface area contributed by atoms with Crippen LogP contribution in [0.25, 0.3) is 0 Å². The van der Waals surface area contributed by atoms with E-state index in [1.165, 1.54) is 5.56 Å². The molecule has 1 amide bonds. The third-order valence-corrected chi connectivity index (χ3v) is 4.88. The molecule has 0 bridgehead atoms. The Morgan fingerprint density at radius 2 is 1.78 bits per heavy atom. The zero-order valence-corrected chi connectivity index (χ0v) is 14.8. The second-order valence-electron chi connectivity index (χ2n) is 7.00. The molecule has 0 atom stereocenters. The fraction of sp³-hybridized carbons (Fsp3) is 0.632. The number of carbonyl (C=O) groups excluding carboxylic acids is 1. The molecule has 1 N–H and O–H groups in total. The van der Waals surface area contributed by atoms with E-state index >= 15 is 0 Å². The van der Waals surface area contributed by atoms with Gasteiger partial charge in [-0.1, -0.05) is 37.3 Å². The van der Waals surface area contributed by atoms with Crippen LogP contribution in [0.5, 0.6) is 0 Å². The fourth-order valence-electron chi connectivity index (χ4n) is 3.09. The minimum absolute atomic E-state index is 0.0161. The molecule has 1 aliphatic rings. The summed E-state index contributed by atoms with van der Waals surface area (Å²) in [6.07, 6.45) is 1.37. The number of aryl methyl sites for hydroxylation is 1. The van der Waals surface area contributed by atoms with Crippen molar-refractivity contribution in [2.75, 3.05) is 39.3 Å². The number of piperazine rings is 1. The normalized spacial score (nSPS) is 17.2. The lowest BCUT2D eigenvalue weighted by Gasteiger charge is -2.44. The molecule has 0 unspecified atom stereocenters. The van der Waals surface area contributed by atoms with Gasteiger partial charge in [-0.05, 0) is 32.4 Å². The van der Waals surface area contributed by atoms with Gasteiger partial charge in [-0.3, -0.25) is 9.69 Å². The van der Waals surface area contributed by atoms with E-state index in [0.717, 1.165) is 39.1 Å². The number of rotatable bonds is 7. The van der Waals surface area contributed by atoms with Gasteiger partial charge in [0.05, 0.1) is 0 Å². The first-order valence-corrected chi connectivity index (χ1v) is 8.79. The third kappa shape index (κ3) is 5.63. The summed E-state index contributed by atoms with van der Waals surface area (Å²) in [4.78, 5) is 17.1. The highest BCUT2D eigenvalue weighted by molar-refractivity contribution is 5.76. The lowest BCUT2D eigenvalue weighted by Crippen LogP contribution is -2.58. The average molecular weight is 317 g/mol. The van der Waals surface area contributed by atoms with Crippen molar-refractivity contribution in [1.82, 2.24) is 15.1 Å². The van der Waals surface area contributed by atoms with E-state index in [2.05, 4.69) is 48.0 Å². The zero-order chi connectivity index (χ0) is 16.7. The molecular formula is C19H31N3O. The number of nitrogens with zero attached hydrogens (tertiary/aromatic N) is 2. The Morgan fingerprint density at radius 1 is 1.13 bits per heavy atom. The van der Waals surface area contributed by atoms with Gasteiger partial charge in [0.2, 0.25) is 5.91 Å². The molecule has 1 aromatic carbocycles. The van der Waals surface area contributed by atoms with Crippen LogP contribution in [0.1, 0.15) is 32.8 Å². The lowest BCUT2D eigenvalue weighted by molar-refractivity contribution is -0.121. The summed E-state index contributed by atoms with van der Waals surface area (Å²) in [5.74, 6) is 0.147. The lowest BCUT2D eigenvalue weighted by atomic mass is 10.0. The molecule has 0 radical (unpaired) electrons. The zero-order valence-electron chi connectivity index (χ0n) is 14.8. The van der Waals surface area contributed by atoms with E-state index in [-0.39, 0.29) is 11.4 Å². The Morgan fingerprint density at radius 3 is 2.39 bits per heavy atom. The number of nitrogens with one attached hydrogen (secondary N) is 1. The van der Waals surface area contributed by atoms with Gasteiger partial charge in [0.25, 0.3) is 0 Å². The fourth-order valence-corrected chi connectivity index (χ4v) is 3.09. The Balaban J connectivity index is 1.72. The predicted molar refractivity (Wildman–Crippen MR) is 95.5 cm³/mol. The molecule has 0 saturated carbocycles. The monoisotopic (exact) mass is 317 g/mol. The maximum Gasteiger partial charge on any atom is 0.220 e. The Kier molecular flexibility index (Phi) is 6.60. The molecule has 4 nitrogen and oxygen atoms in total. The number of hydrogen-bond donors (Lipinski definition) is 1. The van der Waals surface area contributed by atoms with Crippen LogP contribution in [0.4, 0.5) is 0 Å². The molecule has 128 valence electrons. The SMILES string of the molecule is CCN1CCN(C(C)(C)CNC(=O)CCc2ccccc2)CC1. The van der Waals surface area contributed by atoms with Gasteiger partial charge in [-0.25, -0.2) is 0 Å². The van der Waals surface area contributed by atoms with Crippen LogP contribution in [0.15, 0.2) is 30.3 Å². The van der Waals surface area contributed by atoms with Crippen LogP contribution in [0.2, 0.25) is 0 Å². The molecule has 0 aliphatic carbocycles. The van der Waals surface area contributed by atoms with Crippen LogP contribution in [-0.4, -0.2) is 60.5 Å². The van der Waals surface area contributed by atoms with Crippen LogP contribution in [-0.2, 0) is 11.2 Å². The first kappa shape index (κ1) is 18.0. The van der Waals surface area contributed by atoms with Crippen LogP contribution in [0.3, 0.4) is 0 Å². The van der Waals surface area contributed by atoms with Crippen molar-refractivity contribution in [1.29, 1.82) is 0 Å². The molecule has 1 aliphatic heterocycles. The molecular weight excluding hydrogens is 286 g/mol. The quantitative estimate of drug-likeness (QED) is 0.837. The van der Waals surface area contributed by atoms with Gasteiger partial charge in [-0.15, -0.1) is 0 Å². The maximum atomic E-state index is 12.1. The standard InChI is InChI=1S/C19H31N3O/c1-4-21-12-14-22(15-13-21)19(2,3)16-20-18(23)11-10-17-8-6-5-7-9-17/h5-9H,4,10-16H2,1-3H3,(H,20,23). The summed E-state index contributed by atoms with van der Waals surface area (Å²) in [5.41, 5.74) is 1.24. The predicted octanol–water partition coefficient (Wildman–Crippen LogP) is 2.15. The summed E-state index contributed by atoms with van der Waals surface area (Å²) >= 11 is 0. The average Bonchev–Trinajstić information content (AvgIpc) is 2.59. The molecule has 23 heavy (non-hydrogen) atoms. The van der Waals surface area contributed by atoms with Gasteiger partial charge in [0.1, 0.15) is 0 Å². The van der Waals surface area contributed by atoms with Crippen molar-refractivity contribution in [2.24, 2.45) is 0 Å². The molecule has 1 saturated heterocycles. The number of likely N-dealkylation sites (N-methyl/N-ethyl adjacent to an activating group) is 1. The van der Waals surface area contributed by atoms with E-state index in [9.17, 15) is 4.79 Å². The van der Waals surface area contributed by atoms with Crippen LogP contribution >= 0.6 is 0 Å². The Bertz CT molecular complexity index is 479. The van der Waals surface area contributed by atoms with Crippen molar-refractivity contribution >= 4 is 5.91 Å². The van der Waals surface area contributed by atoms with Gasteiger partial charge in [-0.2, -0.15) is 0 Å². The molecule has 1 heterocycles. The first-order valence-electron chi connectivity index (χ1n) is 8.79. The summed E-state index contributed by atoms with van der Waals surface area (Å²) in [6, 6.07) is 10.2. The van der Waals surface area contributed by atoms with Crippen molar-refractivity contribution in [3.63, 3.8) is 0 Å². The van der Waals surface area contributed by atoms with Gasteiger partial charge >= 0.3 is 0 Å². The highest BCUT2D eigenvalue weighted by atomic mass is 16.1. The number of amides is 1. The number of hydrogen-bond acceptors (Lipinski definition) is 3. The van der Waals surface area contributed by atoms with Crippen molar-refractivity contribution in [2.45, 2.75) is 39.2 Å². The second-order valence-corrected chi connectivity index (χ2v) is 7.00. The number of benzene rings is 1. The minimum Gasteiger partial charge on any atom is -0.354 e. The third-order valence-electron chi connectivity index (χ3n) is 4.88. The largest absolute Gasteiger partial charge is 0.354 e. The number of carbonyl (C=O) groups is 1. The van der Waals surface area contributed by atoms with E-state index < -0.39 is 0 Å². The molecule has 0 aromatic heterocycles. The van der Waals surface area contributed by atoms with E-state index in [1.807, 2.05) is 18.2 Å². The topological polar surface area (TPSA) is 35.6 Å². The first-order chi connectivity index (χ1) is 11.0. The van der Waals surface area contributed by atoms with E-state index in [4.69, 9.17) is 0 Å². The van der Waals surface area contributed by atoms with Crippen molar-refractivity contribution in [3.8, 4) is 0 Å². The van der Waals surface area contributed by atoms with Crippen molar-refractivity contribution in [3.05, 3.63) is 35.9 Å². The molecule has 1 fully saturated rings. The van der Waals surface area contributed by atoms with Crippen molar-refractivity contribution < 1.29 is 4.79 Å². The highest BCUT2D eigenvalue weighted by Gasteiger charge is 2.29. The van der Waals surface area contributed by atoms with Crippen LogP contribution in [0, 0.1) is 0 Å². The summed E-state index contributed by atoms with van der Waals surface area (Å²) in [7, 11) is 0. The highest BCUT2D eigenvalue weighted by Crippen LogP contribution is 2.16. The minimum atomic E-state index is 0.0161. The smallest absolute Gasteiger partial charge is 0.220 e. The van der Waals surface area contributed by atoms with E-state index in [1.54, 1.807) is 0 Å². The summed E-state index contributed by atoms with van der Waals surface area (Å²) in [5, 5.41) is 3.12. The molecule has 2 rings (SSSR count). The van der Waals surface area contributed by atoms with Gasteiger partial charge in [0, 0.05) is 44.7 Å². The Labute approximate surface area is 140 Å².